The third-order valence-corrected chi connectivity index (χ3v) is 10.1. The van der Waals surface area contributed by atoms with Crippen molar-refractivity contribution in [3.8, 4) is 33.4 Å². The van der Waals surface area contributed by atoms with Crippen LogP contribution in [0.3, 0.4) is 0 Å². The average molecular weight is 908 g/mol. The number of benzene rings is 4. The number of carbonyl (C=O) groups excluding carboxylic acids is 1. The molecule has 332 valence electrons. The Balaban J connectivity index is 1.34. The largest absolute Gasteiger partial charge is 0.435 e. The number of ether oxygens (including phenoxy) is 1. The molecule has 1 amide bonds. The van der Waals surface area contributed by atoms with Crippen LogP contribution in [-0.2, 0) is 45.7 Å². The van der Waals surface area contributed by atoms with Crippen LogP contribution in [0.15, 0.2) is 101 Å². The molecule has 21 heteroatoms. The highest BCUT2D eigenvalue weighted by Gasteiger charge is 2.48. The van der Waals surface area contributed by atoms with Gasteiger partial charge in [-0.1, -0.05) is 75.6 Å². The molecule has 0 radical (unpaired) electrons. The van der Waals surface area contributed by atoms with Crippen LogP contribution in [0.2, 0.25) is 5.02 Å². The lowest BCUT2D eigenvalue weighted by Gasteiger charge is -2.17. The molecule has 1 aliphatic rings. The zero-order valence-electron chi connectivity index (χ0n) is 34.3. The third kappa shape index (κ3) is 9.87. The molecular weight excluding hydrogens is 872 g/mol. The van der Waals surface area contributed by atoms with Crippen molar-refractivity contribution in [3.63, 3.8) is 0 Å². The van der Waals surface area contributed by atoms with E-state index in [0.717, 1.165) is 15.6 Å². The number of hydrogen-bond acceptors (Lipinski definition) is 11. The first-order valence-corrected chi connectivity index (χ1v) is 19.2. The second kappa shape index (κ2) is 18.3. The van der Waals surface area contributed by atoms with Crippen molar-refractivity contribution < 1.29 is 50.4 Å². The summed E-state index contributed by atoms with van der Waals surface area (Å²) >= 11 is 6.57. The van der Waals surface area contributed by atoms with Gasteiger partial charge in [-0.3, -0.25) is 14.2 Å². The van der Waals surface area contributed by atoms with Crippen molar-refractivity contribution >= 4 is 47.5 Å². The van der Waals surface area contributed by atoms with Gasteiger partial charge in [0.2, 0.25) is 0 Å². The molecule has 4 aromatic carbocycles. The first-order chi connectivity index (χ1) is 30.5. The zero-order valence-corrected chi connectivity index (χ0v) is 35.0. The molecule has 2 aromatic heterocycles. The maximum Gasteiger partial charge on any atom is 0.435 e. The van der Waals surface area contributed by atoms with E-state index in [-0.39, 0.29) is 16.3 Å². The number of halogens is 7. The highest BCUT2D eigenvalue weighted by molar-refractivity contribution is 6.33. The Hall–Kier alpha value is -7.19. The standard InChI is InChI=1S/C43H36ClF6N9O5/c1-58-21-32(38(56-58)42(45,46)47)37-41(64-37)55-36-17-24(10-12-30(36)25-6-8-27(18-51-61-3)29(14-25)20-53-63-5)23-11-13-31(26-7-9-28(19-52-62-4)34(44)15-26)35(16-23)54-40(60)33-22-59(2)57-39(33)43(48,49)50/h6-22,37,41,55H,1-5H3,(H,54,60)/b51-18+,52-19+,53-20-. The van der Waals surface area contributed by atoms with Crippen LogP contribution in [-0.4, -0.2) is 71.7 Å². The van der Waals surface area contributed by atoms with Gasteiger partial charge in [-0.2, -0.15) is 36.5 Å². The number of alkyl halides is 6. The minimum absolute atomic E-state index is 0.115. The highest BCUT2D eigenvalue weighted by atomic mass is 35.5. The smallest absolute Gasteiger partial charge is 0.399 e. The second-order valence-corrected chi connectivity index (χ2v) is 14.5. The van der Waals surface area contributed by atoms with Crippen molar-refractivity contribution in [2.75, 3.05) is 32.0 Å². The number of nitrogens with one attached hydrogen (secondary N) is 2. The van der Waals surface area contributed by atoms with E-state index >= 15 is 0 Å². The minimum Gasteiger partial charge on any atom is -0.399 e. The lowest BCUT2D eigenvalue weighted by atomic mass is 9.94. The lowest BCUT2D eigenvalue weighted by molar-refractivity contribution is -0.142. The van der Waals surface area contributed by atoms with Gasteiger partial charge in [-0.25, -0.2) is 0 Å². The summed E-state index contributed by atoms with van der Waals surface area (Å²) in [4.78, 5) is 28.2. The van der Waals surface area contributed by atoms with Gasteiger partial charge in [-0.15, -0.1) is 0 Å². The van der Waals surface area contributed by atoms with Gasteiger partial charge in [0.15, 0.2) is 17.6 Å². The summed E-state index contributed by atoms with van der Waals surface area (Å²) in [7, 11) is 6.79. The van der Waals surface area contributed by atoms with Gasteiger partial charge in [0, 0.05) is 71.2 Å². The Morgan fingerprint density at radius 1 is 0.688 bits per heavy atom. The number of hydrogen-bond donors (Lipinski definition) is 2. The van der Waals surface area contributed by atoms with Crippen molar-refractivity contribution in [2.45, 2.75) is 24.7 Å². The predicted molar refractivity (Wildman–Crippen MR) is 227 cm³/mol. The summed E-state index contributed by atoms with van der Waals surface area (Å²) in [5.41, 5.74) is 2.12. The van der Waals surface area contributed by atoms with E-state index in [1.807, 2.05) is 0 Å². The maximum atomic E-state index is 14.0. The van der Waals surface area contributed by atoms with Gasteiger partial charge in [0.05, 0.1) is 29.2 Å². The van der Waals surface area contributed by atoms with Crippen LogP contribution in [0.4, 0.5) is 37.7 Å². The molecule has 0 spiro atoms. The van der Waals surface area contributed by atoms with Crippen LogP contribution in [0.1, 0.15) is 50.1 Å². The molecule has 1 aliphatic heterocycles. The Morgan fingerprint density at radius 3 is 1.81 bits per heavy atom. The van der Waals surface area contributed by atoms with E-state index < -0.39 is 47.5 Å². The molecule has 2 atom stereocenters. The van der Waals surface area contributed by atoms with Gasteiger partial charge < -0.3 is 29.9 Å². The monoisotopic (exact) mass is 907 g/mol. The molecule has 7 rings (SSSR count). The van der Waals surface area contributed by atoms with E-state index in [0.29, 0.717) is 55.8 Å². The maximum absolute atomic E-state index is 14.0. The fourth-order valence-corrected chi connectivity index (χ4v) is 7.10. The van der Waals surface area contributed by atoms with Gasteiger partial charge in [0.25, 0.3) is 5.91 Å². The SMILES string of the molecule is CO/N=C\c1cc(-c2ccc(-c3ccc(-c4ccc(/C=N/OC)c(Cl)c4)c(NC(=O)c4cn(C)nc4C(F)(F)F)c3)cc2NC2OC2c2cn(C)nc2C(F)(F)F)ccc1/C=N/OC. The number of aryl methyl sites for hydroxylation is 2. The molecule has 0 bridgehead atoms. The van der Waals surface area contributed by atoms with Crippen molar-refractivity contribution in [1.29, 1.82) is 0 Å². The number of anilines is 2. The van der Waals surface area contributed by atoms with Crippen LogP contribution in [0.25, 0.3) is 33.4 Å². The Kier molecular flexibility index (Phi) is 12.8. The molecule has 2 unspecified atom stereocenters. The molecule has 6 aromatic rings. The molecule has 64 heavy (non-hydrogen) atoms. The molecule has 3 heterocycles. The molecule has 1 fully saturated rings. The molecular formula is C43H36ClF6N9O5. The summed E-state index contributed by atoms with van der Waals surface area (Å²) in [6.07, 6.45) is -5.01. The number of aromatic nitrogens is 4. The number of amides is 1. The fourth-order valence-electron chi connectivity index (χ4n) is 6.87. The van der Waals surface area contributed by atoms with Crippen LogP contribution >= 0.6 is 11.6 Å². The quantitative estimate of drug-likeness (QED) is 0.0474. The summed E-state index contributed by atoms with van der Waals surface area (Å²) < 4.78 is 91.7. The summed E-state index contributed by atoms with van der Waals surface area (Å²) in [6.45, 7) is 0. The molecule has 2 N–H and O–H groups in total. The molecule has 0 saturated carbocycles. The van der Waals surface area contributed by atoms with Crippen molar-refractivity contribution in [3.05, 3.63) is 129 Å². The predicted octanol–water partition coefficient (Wildman–Crippen LogP) is 9.55. The van der Waals surface area contributed by atoms with Crippen LogP contribution in [0, 0.1) is 0 Å². The van der Waals surface area contributed by atoms with E-state index in [1.165, 1.54) is 60.3 Å². The first-order valence-electron chi connectivity index (χ1n) is 18.9. The number of oxime groups is 3. The van der Waals surface area contributed by atoms with Gasteiger partial charge in [0.1, 0.15) is 27.4 Å². The van der Waals surface area contributed by atoms with Gasteiger partial charge in [-0.05, 0) is 46.5 Å². The van der Waals surface area contributed by atoms with Crippen molar-refractivity contribution in [1.82, 2.24) is 19.6 Å². The number of rotatable bonds is 14. The summed E-state index contributed by atoms with van der Waals surface area (Å²) in [6, 6.07) is 20.5. The second-order valence-electron chi connectivity index (χ2n) is 14.1. The van der Waals surface area contributed by atoms with E-state index in [2.05, 4.69) is 36.3 Å². The first kappa shape index (κ1) is 44.9. The Labute approximate surface area is 365 Å². The average Bonchev–Trinajstić information content (AvgIpc) is 3.68. The highest BCUT2D eigenvalue weighted by Crippen LogP contribution is 2.46. The number of nitrogens with zero attached hydrogens (tertiary/aromatic N) is 7. The van der Waals surface area contributed by atoms with Gasteiger partial charge >= 0.3 is 12.4 Å². The number of carbonyl (C=O) groups is 1. The Morgan fingerprint density at radius 2 is 1.20 bits per heavy atom. The molecule has 1 saturated heterocycles. The lowest BCUT2D eigenvalue weighted by Crippen LogP contribution is -2.18. The topological polar surface area (TPSA) is 154 Å². The zero-order chi connectivity index (χ0) is 45.9. The van der Waals surface area contributed by atoms with E-state index in [9.17, 15) is 31.1 Å². The summed E-state index contributed by atoms with van der Waals surface area (Å²) in [5, 5.41) is 24.7. The number of epoxide rings is 1. The fraction of sp³-hybridized carbons (Fsp3) is 0.209. The van der Waals surface area contributed by atoms with Crippen LogP contribution < -0.4 is 10.6 Å². The molecule has 14 nitrogen and oxygen atoms in total. The molecule has 0 aliphatic carbocycles. The van der Waals surface area contributed by atoms with E-state index in [1.54, 1.807) is 72.8 Å². The third-order valence-electron chi connectivity index (χ3n) is 9.78. The Bertz CT molecular complexity index is 2800. The summed E-state index contributed by atoms with van der Waals surface area (Å²) in [5.74, 6) is -1.08. The normalized spacial score (nSPS) is 15.3. The van der Waals surface area contributed by atoms with E-state index in [4.69, 9.17) is 30.9 Å². The van der Waals surface area contributed by atoms with Crippen LogP contribution in [0.5, 0.6) is 0 Å². The van der Waals surface area contributed by atoms with Crippen molar-refractivity contribution in [2.24, 2.45) is 29.6 Å². The minimum atomic E-state index is -4.93.